The fourth-order valence-corrected chi connectivity index (χ4v) is 4.10. The molecule has 2 aliphatic rings. The maximum atomic E-state index is 13.3. The standard InChI is InChI=1S/C17H23N2O5P/c1-4-5-9-22-16-12-14(23-18-16)13(19(2)3)10-7-6-8-11(20)17(10,24-25)15(12)21/h6,8,10,13H,4-5,7,9,25H2,1-3H3/t10-,13-,17-/m0/s1. The summed E-state index contributed by atoms with van der Waals surface area (Å²) in [6.45, 7) is 2.48. The Kier molecular flexibility index (Phi) is 5.09. The molecular weight excluding hydrogens is 343 g/mol. The lowest BCUT2D eigenvalue weighted by Gasteiger charge is -2.45. The second-order valence-corrected chi connectivity index (χ2v) is 6.86. The zero-order chi connectivity index (χ0) is 18.2. The number of nitrogens with zero attached hydrogens (tertiary/aromatic N) is 2. The Morgan fingerprint density at radius 1 is 1.44 bits per heavy atom. The van der Waals surface area contributed by atoms with Gasteiger partial charge in [0.25, 0.3) is 5.88 Å². The van der Waals surface area contributed by atoms with Gasteiger partial charge in [-0.15, -0.1) is 0 Å². The van der Waals surface area contributed by atoms with Crippen molar-refractivity contribution in [2.75, 3.05) is 20.7 Å². The Labute approximate surface area is 149 Å². The number of Topliss-reactive ketones (excluding diaryl/α,β-unsaturated/α-hetero) is 1. The van der Waals surface area contributed by atoms with Gasteiger partial charge in [-0.1, -0.05) is 19.4 Å². The van der Waals surface area contributed by atoms with Crippen molar-refractivity contribution in [2.24, 2.45) is 5.92 Å². The molecule has 0 spiro atoms. The lowest BCUT2D eigenvalue weighted by atomic mass is 9.65. The van der Waals surface area contributed by atoms with Crippen LogP contribution in [0, 0.1) is 5.92 Å². The van der Waals surface area contributed by atoms with Gasteiger partial charge >= 0.3 is 0 Å². The van der Waals surface area contributed by atoms with E-state index in [0.717, 1.165) is 12.8 Å². The van der Waals surface area contributed by atoms with Crippen LogP contribution in [-0.4, -0.2) is 47.9 Å². The molecule has 0 radical (unpaired) electrons. The van der Waals surface area contributed by atoms with Gasteiger partial charge in [-0.05, 0) is 38.2 Å². The number of carbonyl (C=O) groups is 2. The number of rotatable bonds is 6. The van der Waals surface area contributed by atoms with E-state index in [1.54, 1.807) is 6.08 Å². The average Bonchev–Trinajstić information content (AvgIpc) is 2.99. The summed E-state index contributed by atoms with van der Waals surface area (Å²) < 4.78 is 16.7. The molecule has 0 amide bonds. The van der Waals surface area contributed by atoms with E-state index >= 15 is 0 Å². The molecule has 0 aromatic carbocycles. The number of unbranched alkanes of at least 4 members (excludes halogenated alkanes) is 1. The summed E-state index contributed by atoms with van der Waals surface area (Å²) in [6.07, 6.45) is 5.52. The van der Waals surface area contributed by atoms with E-state index in [4.69, 9.17) is 13.8 Å². The first-order chi connectivity index (χ1) is 12.0. The van der Waals surface area contributed by atoms with E-state index in [2.05, 4.69) is 14.6 Å². The topological polar surface area (TPSA) is 81.9 Å². The molecule has 0 N–H and O–H groups in total. The van der Waals surface area contributed by atoms with Gasteiger partial charge in [-0.25, -0.2) is 0 Å². The molecule has 0 saturated carbocycles. The molecule has 8 heteroatoms. The largest absolute Gasteiger partial charge is 0.475 e. The summed E-state index contributed by atoms with van der Waals surface area (Å²) in [6, 6.07) is -0.321. The summed E-state index contributed by atoms with van der Waals surface area (Å²) in [4.78, 5) is 27.9. The smallest absolute Gasteiger partial charge is 0.265 e. The highest BCUT2D eigenvalue weighted by atomic mass is 31.0. The minimum atomic E-state index is -1.59. The van der Waals surface area contributed by atoms with Crippen LogP contribution in [-0.2, 0) is 9.32 Å². The molecule has 25 heavy (non-hydrogen) atoms. The van der Waals surface area contributed by atoms with E-state index in [9.17, 15) is 9.59 Å². The van der Waals surface area contributed by atoms with Gasteiger partial charge in [0, 0.05) is 15.4 Å². The van der Waals surface area contributed by atoms with Crippen LogP contribution in [0.2, 0.25) is 0 Å². The predicted octanol–water partition coefficient (Wildman–Crippen LogP) is 2.34. The first kappa shape index (κ1) is 18.2. The van der Waals surface area contributed by atoms with Crippen LogP contribution in [0.4, 0.5) is 0 Å². The zero-order valence-corrected chi connectivity index (χ0v) is 15.8. The van der Waals surface area contributed by atoms with Crippen LogP contribution in [0.1, 0.15) is 48.3 Å². The van der Waals surface area contributed by atoms with Gasteiger partial charge in [0.05, 0.1) is 12.6 Å². The molecule has 0 bridgehead atoms. The molecule has 1 heterocycles. The lowest BCUT2D eigenvalue weighted by molar-refractivity contribution is -0.132. The molecule has 4 atom stereocenters. The summed E-state index contributed by atoms with van der Waals surface area (Å²) in [7, 11) is 5.84. The molecule has 2 aliphatic carbocycles. The third-order valence-electron chi connectivity index (χ3n) is 4.93. The molecule has 0 fully saturated rings. The predicted molar refractivity (Wildman–Crippen MR) is 93.4 cm³/mol. The molecule has 1 aromatic heterocycles. The zero-order valence-electron chi connectivity index (χ0n) is 14.7. The average molecular weight is 366 g/mol. The van der Waals surface area contributed by atoms with Crippen molar-refractivity contribution in [3.05, 3.63) is 23.5 Å². The first-order valence-corrected chi connectivity index (χ1v) is 8.88. The quantitative estimate of drug-likeness (QED) is 0.434. The second kappa shape index (κ2) is 6.98. The summed E-state index contributed by atoms with van der Waals surface area (Å²) in [5.74, 6) is -0.617. The van der Waals surface area contributed by atoms with Crippen LogP contribution in [0.5, 0.6) is 5.88 Å². The van der Waals surface area contributed by atoms with E-state index in [1.807, 2.05) is 25.9 Å². The van der Waals surface area contributed by atoms with Crippen molar-refractivity contribution < 1.29 is 23.4 Å². The molecule has 0 aliphatic heterocycles. The Morgan fingerprint density at radius 2 is 2.20 bits per heavy atom. The van der Waals surface area contributed by atoms with E-state index in [0.29, 0.717) is 18.8 Å². The number of hydrogen-bond acceptors (Lipinski definition) is 7. The fourth-order valence-electron chi connectivity index (χ4n) is 3.70. The monoisotopic (exact) mass is 366 g/mol. The third-order valence-corrected chi connectivity index (χ3v) is 5.30. The van der Waals surface area contributed by atoms with Gasteiger partial charge < -0.3 is 13.8 Å². The number of ether oxygens (including phenoxy) is 1. The van der Waals surface area contributed by atoms with Crippen LogP contribution < -0.4 is 4.74 Å². The minimum Gasteiger partial charge on any atom is -0.475 e. The summed E-state index contributed by atoms with van der Waals surface area (Å²) >= 11 is 0. The van der Waals surface area contributed by atoms with Crippen molar-refractivity contribution in [3.63, 3.8) is 0 Å². The Balaban J connectivity index is 2.13. The van der Waals surface area contributed by atoms with Crippen LogP contribution in [0.15, 0.2) is 16.7 Å². The van der Waals surface area contributed by atoms with Crippen molar-refractivity contribution in [1.29, 1.82) is 0 Å². The fraction of sp³-hybridized carbons (Fsp3) is 0.588. The molecule has 3 rings (SSSR count). The van der Waals surface area contributed by atoms with Gasteiger partial charge in [-0.2, -0.15) is 0 Å². The molecular formula is C17H23N2O5P. The van der Waals surface area contributed by atoms with E-state index < -0.39 is 17.3 Å². The maximum Gasteiger partial charge on any atom is 0.265 e. The Hall–Kier alpha value is -1.56. The van der Waals surface area contributed by atoms with Gasteiger partial charge in [0.15, 0.2) is 11.5 Å². The highest BCUT2D eigenvalue weighted by molar-refractivity contribution is 7.10. The van der Waals surface area contributed by atoms with Gasteiger partial charge in [0.2, 0.25) is 11.4 Å². The summed E-state index contributed by atoms with van der Waals surface area (Å²) in [5, 5.41) is 3.96. The minimum absolute atomic E-state index is 0.141. The maximum absolute atomic E-state index is 13.3. The number of hydrogen-bond donors (Lipinski definition) is 0. The third kappa shape index (κ3) is 2.65. The van der Waals surface area contributed by atoms with Crippen LogP contribution >= 0.6 is 9.47 Å². The Bertz CT molecular complexity index is 714. The highest BCUT2D eigenvalue weighted by Crippen LogP contribution is 2.51. The molecule has 136 valence electrons. The Morgan fingerprint density at radius 3 is 2.84 bits per heavy atom. The van der Waals surface area contributed by atoms with Crippen molar-refractivity contribution in [3.8, 4) is 5.88 Å². The van der Waals surface area contributed by atoms with Crippen LogP contribution in [0.25, 0.3) is 0 Å². The molecule has 1 unspecified atom stereocenters. The lowest BCUT2D eigenvalue weighted by Crippen LogP contribution is -2.60. The van der Waals surface area contributed by atoms with E-state index in [-0.39, 0.29) is 23.3 Å². The van der Waals surface area contributed by atoms with Crippen molar-refractivity contribution in [2.45, 2.75) is 37.8 Å². The highest BCUT2D eigenvalue weighted by Gasteiger charge is 2.62. The number of allylic oxidation sites excluding steroid dienone is 1. The normalized spacial score (nSPS) is 28.2. The van der Waals surface area contributed by atoms with E-state index in [1.165, 1.54) is 6.08 Å². The van der Waals surface area contributed by atoms with Crippen LogP contribution in [0.3, 0.4) is 0 Å². The number of ketones is 2. The number of carbonyl (C=O) groups excluding carboxylic acids is 2. The first-order valence-electron chi connectivity index (χ1n) is 8.41. The van der Waals surface area contributed by atoms with Gasteiger partial charge in [-0.3, -0.25) is 14.5 Å². The molecule has 1 aromatic rings. The number of aromatic nitrogens is 1. The molecule has 7 nitrogen and oxygen atoms in total. The van der Waals surface area contributed by atoms with Crippen molar-refractivity contribution >= 4 is 21.0 Å². The summed E-state index contributed by atoms with van der Waals surface area (Å²) in [5.41, 5.74) is -1.37. The number of fused-ring (bicyclic) bond motifs is 2. The SMILES string of the molecule is CCCCOc1noc2c1C(=O)[C@@]1(OP)C(=O)C=CC[C@H]1[C@@H]2N(C)C. The van der Waals surface area contributed by atoms with Crippen molar-refractivity contribution in [1.82, 2.24) is 10.1 Å². The van der Waals surface area contributed by atoms with Gasteiger partial charge in [0.1, 0.15) is 5.56 Å². The molecule has 0 saturated heterocycles. The second-order valence-electron chi connectivity index (χ2n) is 6.63.